The zero-order chi connectivity index (χ0) is 17.5. The molecule has 0 spiro atoms. The molecule has 2 rings (SSSR count). The quantitative estimate of drug-likeness (QED) is 0.849. The van der Waals surface area contributed by atoms with Gasteiger partial charge < -0.3 is 9.84 Å². The van der Waals surface area contributed by atoms with Crippen molar-refractivity contribution >= 4 is 0 Å². The highest BCUT2D eigenvalue weighted by atomic mass is 16.5. The van der Waals surface area contributed by atoms with Crippen molar-refractivity contribution in [3.63, 3.8) is 0 Å². The van der Waals surface area contributed by atoms with Crippen LogP contribution in [0.3, 0.4) is 0 Å². The molecular formula is C20H24N2O2. The molecule has 0 radical (unpaired) electrons. The number of rotatable bonds is 7. The topological polar surface area (TPSA) is 56.5 Å². The third-order valence-corrected chi connectivity index (χ3v) is 4.19. The first-order chi connectivity index (χ1) is 11.5. The van der Waals surface area contributed by atoms with E-state index < -0.39 is 6.10 Å². The third-order valence-electron chi connectivity index (χ3n) is 4.19. The number of aliphatic hydroxyl groups excluding tert-OH is 1. The molecule has 0 saturated heterocycles. The molecule has 0 heterocycles. The van der Waals surface area contributed by atoms with Gasteiger partial charge in [-0.3, -0.25) is 4.90 Å². The zero-order valence-corrected chi connectivity index (χ0v) is 14.4. The van der Waals surface area contributed by atoms with E-state index >= 15 is 0 Å². The fraction of sp³-hybridized carbons (Fsp3) is 0.350. The van der Waals surface area contributed by atoms with Crippen LogP contribution in [-0.2, 0) is 0 Å². The lowest BCUT2D eigenvalue weighted by Gasteiger charge is -2.27. The summed E-state index contributed by atoms with van der Waals surface area (Å²) in [5.41, 5.74) is 2.72. The summed E-state index contributed by atoms with van der Waals surface area (Å²) in [7, 11) is 1.99. The lowest BCUT2D eigenvalue weighted by atomic mass is 10.1. The molecule has 126 valence electrons. The molecule has 0 aliphatic carbocycles. The number of hydrogen-bond donors (Lipinski definition) is 1. The molecule has 0 amide bonds. The van der Waals surface area contributed by atoms with E-state index in [1.807, 2.05) is 38.2 Å². The molecule has 24 heavy (non-hydrogen) atoms. The van der Waals surface area contributed by atoms with Crippen LogP contribution in [0.4, 0.5) is 0 Å². The first-order valence-corrected chi connectivity index (χ1v) is 8.08. The van der Waals surface area contributed by atoms with Crippen LogP contribution in [-0.4, -0.2) is 36.3 Å². The van der Waals surface area contributed by atoms with Crippen molar-refractivity contribution in [2.45, 2.75) is 26.0 Å². The molecule has 2 atom stereocenters. The van der Waals surface area contributed by atoms with Gasteiger partial charge in [-0.05, 0) is 44.2 Å². The Morgan fingerprint density at radius 2 is 1.92 bits per heavy atom. The molecule has 1 N–H and O–H groups in total. The number of hydrogen-bond acceptors (Lipinski definition) is 4. The van der Waals surface area contributed by atoms with Gasteiger partial charge in [-0.2, -0.15) is 5.26 Å². The number of aryl methyl sites for hydroxylation is 1. The van der Waals surface area contributed by atoms with Crippen molar-refractivity contribution in [3.8, 4) is 11.8 Å². The Balaban J connectivity index is 1.89. The van der Waals surface area contributed by atoms with Gasteiger partial charge in [0.05, 0.1) is 11.6 Å². The van der Waals surface area contributed by atoms with Gasteiger partial charge >= 0.3 is 0 Å². The minimum atomic E-state index is -0.605. The van der Waals surface area contributed by atoms with Crippen LogP contribution in [0.25, 0.3) is 0 Å². The number of likely N-dealkylation sites (N-methyl/N-ethyl adjacent to an activating group) is 1. The SMILES string of the molecule is Cc1ccc(C#N)cc1OCC(O)CN(C)C(C)c1ccccc1. The van der Waals surface area contributed by atoms with Crippen molar-refractivity contribution in [3.05, 3.63) is 65.2 Å². The van der Waals surface area contributed by atoms with Gasteiger partial charge in [-0.1, -0.05) is 36.4 Å². The second kappa shape index (κ2) is 8.49. The smallest absolute Gasteiger partial charge is 0.123 e. The molecule has 0 aliphatic rings. The Labute approximate surface area is 143 Å². The van der Waals surface area contributed by atoms with Crippen LogP contribution >= 0.6 is 0 Å². The van der Waals surface area contributed by atoms with Gasteiger partial charge in [0.1, 0.15) is 18.5 Å². The lowest BCUT2D eigenvalue weighted by molar-refractivity contribution is 0.0651. The maximum absolute atomic E-state index is 10.3. The van der Waals surface area contributed by atoms with Crippen molar-refractivity contribution in [1.29, 1.82) is 5.26 Å². The molecule has 4 heteroatoms. The van der Waals surface area contributed by atoms with Crippen LogP contribution in [0.2, 0.25) is 0 Å². The predicted octanol–water partition coefficient (Wildman–Crippen LogP) is 3.30. The highest BCUT2D eigenvalue weighted by Crippen LogP contribution is 2.20. The summed E-state index contributed by atoms with van der Waals surface area (Å²) in [4.78, 5) is 2.10. The second-order valence-corrected chi connectivity index (χ2v) is 6.08. The van der Waals surface area contributed by atoms with Gasteiger partial charge in [0.25, 0.3) is 0 Å². The molecule has 4 nitrogen and oxygen atoms in total. The van der Waals surface area contributed by atoms with Gasteiger partial charge in [0.15, 0.2) is 0 Å². The number of nitriles is 1. The van der Waals surface area contributed by atoms with Gasteiger partial charge in [-0.25, -0.2) is 0 Å². The number of benzene rings is 2. The Morgan fingerprint density at radius 3 is 2.58 bits per heavy atom. The van der Waals surface area contributed by atoms with Crippen LogP contribution in [0, 0.1) is 18.3 Å². The molecule has 0 aromatic heterocycles. The highest BCUT2D eigenvalue weighted by molar-refractivity contribution is 5.41. The van der Waals surface area contributed by atoms with E-state index in [1.54, 1.807) is 12.1 Å². The predicted molar refractivity (Wildman–Crippen MR) is 94.9 cm³/mol. The van der Waals surface area contributed by atoms with Crippen molar-refractivity contribution in [1.82, 2.24) is 4.90 Å². The first-order valence-electron chi connectivity index (χ1n) is 8.08. The molecule has 0 bridgehead atoms. The Bertz CT molecular complexity index is 695. The fourth-order valence-electron chi connectivity index (χ4n) is 2.54. The normalized spacial score (nSPS) is 13.3. The average molecular weight is 324 g/mol. The highest BCUT2D eigenvalue weighted by Gasteiger charge is 2.16. The molecule has 2 aromatic carbocycles. The van der Waals surface area contributed by atoms with E-state index in [0.717, 1.165) is 5.56 Å². The fourth-order valence-corrected chi connectivity index (χ4v) is 2.54. The van der Waals surface area contributed by atoms with E-state index in [4.69, 9.17) is 10.00 Å². The lowest BCUT2D eigenvalue weighted by Crippen LogP contribution is -2.34. The monoisotopic (exact) mass is 324 g/mol. The summed E-state index contributed by atoms with van der Waals surface area (Å²) < 4.78 is 5.70. The Morgan fingerprint density at radius 1 is 1.21 bits per heavy atom. The summed E-state index contributed by atoms with van der Waals surface area (Å²) in [5.74, 6) is 0.645. The van der Waals surface area contributed by atoms with Crippen molar-refractivity contribution in [2.75, 3.05) is 20.2 Å². The van der Waals surface area contributed by atoms with Crippen molar-refractivity contribution < 1.29 is 9.84 Å². The van der Waals surface area contributed by atoms with E-state index in [9.17, 15) is 5.11 Å². The van der Waals surface area contributed by atoms with E-state index in [2.05, 4.69) is 30.0 Å². The number of nitrogens with zero attached hydrogens (tertiary/aromatic N) is 2. The standard InChI is InChI=1S/C20H24N2O2/c1-15-9-10-17(12-21)11-20(15)24-14-19(23)13-22(3)16(2)18-7-5-4-6-8-18/h4-11,16,19,23H,13-14H2,1-3H3. The van der Waals surface area contributed by atoms with Crippen LogP contribution in [0.5, 0.6) is 5.75 Å². The third kappa shape index (κ3) is 4.82. The average Bonchev–Trinajstić information content (AvgIpc) is 2.61. The molecule has 0 aliphatic heterocycles. The van der Waals surface area contributed by atoms with Crippen molar-refractivity contribution in [2.24, 2.45) is 0 Å². The summed E-state index contributed by atoms with van der Waals surface area (Å²) in [6.45, 7) is 4.74. The van der Waals surface area contributed by atoms with Crippen LogP contribution in [0.15, 0.2) is 48.5 Å². The van der Waals surface area contributed by atoms with Crippen LogP contribution < -0.4 is 4.74 Å². The molecule has 2 aromatic rings. The second-order valence-electron chi connectivity index (χ2n) is 6.08. The molecule has 2 unspecified atom stereocenters. The van der Waals surface area contributed by atoms with Gasteiger partial charge in [0, 0.05) is 12.6 Å². The first kappa shape index (κ1) is 18.0. The summed E-state index contributed by atoms with van der Waals surface area (Å²) >= 11 is 0. The van der Waals surface area contributed by atoms with Crippen LogP contribution in [0.1, 0.15) is 29.7 Å². The number of aliphatic hydroxyl groups is 1. The maximum Gasteiger partial charge on any atom is 0.123 e. The van der Waals surface area contributed by atoms with E-state index in [0.29, 0.717) is 17.9 Å². The summed E-state index contributed by atoms with van der Waals surface area (Å²) in [5, 5.41) is 19.2. The zero-order valence-electron chi connectivity index (χ0n) is 14.4. The Kier molecular flexibility index (Phi) is 6.36. The largest absolute Gasteiger partial charge is 0.491 e. The Hall–Kier alpha value is -2.35. The maximum atomic E-state index is 10.3. The van der Waals surface area contributed by atoms with Gasteiger partial charge in [-0.15, -0.1) is 0 Å². The van der Waals surface area contributed by atoms with Gasteiger partial charge in [0.2, 0.25) is 0 Å². The van der Waals surface area contributed by atoms with E-state index in [1.165, 1.54) is 5.56 Å². The molecule has 0 fully saturated rings. The minimum absolute atomic E-state index is 0.196. The number of ether oxygens (including phenoxy) is 1. The minimum Gasteiger partial charge on any atom is -0.491 e. The summed E-state index contributed by atoms with van der Waals surface area (Å²) in [6.07, 6.45) is -0.605. The molecule has 0 saturated carbocycles. The van der Waals surface area contributed by atoms with E-state index in [-0.39, 0.29) is 12.6 Å². The summed E-state index contributed by atoms with van der Waals surface area (Å²) in [6, 6.07) is 17.8. The molecular weight excluding hydrogens is 300 g/mol.